The number of rotatable bonds is 6. The molecule has 1 heterocycles. The van der Waals surface area contributed by atoms with Crippen LogP contribution in [0.1, 0.15) is 6.92 Å². The van der Waals surface area contributed by atoms with E-state index in [1.807, 2.05) is 35.0 Å². The predicted octanol–water partition coefficient (Wildman–Crippen LogP) is 1.98. The van der Waals surface area contributed by atoms with E-state index in [2.05, 4.69) is 17.2 Å². The van der Waals surface area contributed by atoms with Gasteiger partial charge in [0, 0.05) is 31.2 Å². The molecule has 18 heavy (non-hydrogen) atoms. The molecule has 0 unspecified atom stereocenters. The summed E-state index contributed by atoms with van der Waals surface area (Å²) in [5, 5.41) is 3.26. The number of ether oxygens (including phenoxy) is 1. The number of benzene rings is 1. The highest BCUT2D eigenvalue weighted by molar-refractivity contribution is 5.54. The minimum Gasteiger partial charge on any atom is -0.492 e. The van der Waals surface area contributed by atoms with E-state index in [0.717, 1.165) is 23.9 Å². The zero-order valence-electron chi connectivity index (χ0n) is 10.5. The lowest BCUT2D eigenvalue weighted by atomic mass is 10.3. The van der Waals surface area contributed by atoms with Crippen molar-refractivity contribution in [1.82, 2.24) is 9.55 Å². The van der Waals surface area contributed by atoms with Crippen molar-refractivity contribution in [2.75, 3.05) is 18.5 Å². The summed E-state index contributed by atoms with van der Waals surface area (Å²) >= 11 is 0. The van der Waals surface area contributed by atoms with Crippen molar-refractivity contribution in [3.8, 4) is 5.75 Å². The Kier molecular flexibility index (Phi) is 4.20. The Morgan fingerprint density at radius 1 is 1.33 bits per heavy atom. The Hall–Kier alpha value is -2.01. The third kappa shape index (κ3) is 3.01. The van der Waals surface area contributed by atoms with E-state index in [9.17, 15) is 0 Å². The summed E-state index contributed by atoms with van der Waals surface area (Å²) in [6, 6.07) is 7.75. The SMILES string of the molecule is CCn1ccnc1Nc1ccc(OCCN)cc1. The molecule has 3 N–H and O–H groups in total. The summed E-state index contributed by atoms with van der Waals surface area (Å²) in [7, 11) is 0. The molecule has 0 atom stereocenters. The van der Waals surface area contributed by atoms with Crippen LogP contribution in [0.4, 0.5) is 11.6 Å². The molecule has 0 saturated carbocycles. The highest BCUT2D eigenvalue weighted by Gasteiger charge is 2.01. The third-order valence-electron chi connectivity index (χ3n) is 2.55. The molecule has 0 fully saturated rings. The van der Waals surface area contributed by atoms with Gasteiger partial charge < -0.3 is 20.4 Å². The van der Waals surface area contributed by atoms with Gasteiger partial charge in [0.2, 0.25) is 5.95 Å². The average molecular weight is 246 g/mol. The van der Waals surface area contributed by atoms with Gasteiger partial charge in [0.05, 0.1) is 0 Å². The van der Waals surface area contributed by atoms with Crippen LogP contribution in [-0.2, 0) is 6.54 Å². The lowest BCUT2D eigenvalue weighted by Gasteiger charge is -2.09. The lowest BCUT2D eigenvalue weighted by molar-refractivity contribution is 0.328. The first-order valence-electron chi connectivity index (χ1n) is 6.04. The van der Waals surface area contributed by atoms with Gasteiger partial charge in [0.15, 0.2) is 0 Å². The van der Waals surface area contributed by atoms with E-state index >= 15 is 0 Å². The quantitative estimate of drug-likeness (QED) is 0.818. The van der Waals surface area contributed by atoms with Gasteiger partial charge >= 0.3 is 0 Å². The minimum atomic E-state index is 0.522. The summed E-state index contributed by atoms with van der Waals surface area (Å²) in [5.41, 5.74) is 6.36. The molecule has 0 spiro atoms. The molecular weight excluding hydrogens is 228 g/mol. The maximum Gasteiger partial charge on any atom is 0.207 e. The van der Waals surface area contributed by atoms with Gasteiger partial charge in [-0.15, -0.1) is 0 Å². The molecule has 2 aromatic rings. The van der Waals surface area contributed by atoms with Crippen LogP contribution >= 0.6 is 0 Å². The molecule has 1 aromatic carbocycles. The maximum atomic E-state index is 5.42. The van der Waals surface area contributed by atoms with Gasteiger partial charge in [0.25, 0.3) is 0 Å². The van der Waals surface area contributed by atoms with Crippen molar-refractivity contribution in [2.45, 2.75) is 13.5 Å². The first-order valence-corrected chi connectivity index (χ1v) is 6.04. The van der Waals surface area contributed by atoms with Crippen LogP contribution in [0.15, 0.2) is 36.7 Å². The Balaban J connectivity index is 2.02. The molecule has 0 aliphatic carbocycles. The zero-order valence-corrected chi connectivity index (χ0v) is 10.5. The summed E-state index contributed by atoms with van der Waals surface area (Å²) in [6.45, 7) is 4.03. The van der Waals surface area contributed by atoms with Gasteiger partial charge in [-0.3, -0.25) is 0 Å². The van der Waals surface area contributed by atoms with Gasteiger partial charge in [-0.25, -0.2) is 4.98 Å². The van der Waals surface area contributed by atoms with Gasteiger partial charge in [-0.05, 0) is 31.2 Å². The summed E-state index contributed by atoms with van der Waals surface area (Å²) in [6.07, 6.45) is 3.73. The fourth-order valence-electron chi connectivity index (χ4n) is 1.63. The molecule has 0 saturated heterocycles. The topological polar surface area (TPSA) is 65.1 Å². The Bertz CT molecular complexity index is 478. The van der Waals surface area contributed by atoms with E-state index < -0.39 is 0 Å². The van der Waals surface area contributed by atoms with Crippen LogP contribution in [0.3, 0.4) is 0 Å². The van der Waals surface area contributed by atoms with Crippen molar-refractivity contribution in [3.05, 3.63) is 36.7 Å². The monoisotopic (exact) mass is 246 g/mol. The predicted molar refractivity (Wildman–Crippen MR) is 72.2 cm³/mol. The number of aromatic nitrogens is 2. The van der Waals surface area contributed by atoms with Crippen molar-refractivity contribution in [2.24, 2.45) is 5.73 Å². The Morgan fingerprint density at radius 2 is 2.11 bits per heavy atom. The van der Waals surface area contributed by atoms with Gasteiger partial charge in [0.1, 0.15) is 12.4 Å². The Morgan fingerprint density at radius 3 is 2.78 bits per heavy atom. The number of aryl methyl sites for hydroxylation is 1. The molecule has 2 rings (SSSR count). The van der Waals surface area contributed by atoms with Gasteiger partial charge in [-0.1, -0.05) is 0 Å². The summed E-state index contributed by atoms with van der Waals surface area (Å²) in [4.78, 5) is 4.26. The van der Waals surface area contributed by atoms with Crippen molar-refractivity contribution < 1.29 is 4.74 Å². The highest BCUT2D eigenvalue weighted by Crippen LogP contribution is 2.19. The van der Waals surface area contributed by atoms with Gasteiger partial charge in [-0.2, -0.15) is 0 Å². The standard InChI is InChI=1S/C13H18N4O/c1-2-17-9-8-15-13(17)16-11-3-5-12(6-4-11)18-10-7-14/h3-6,8-9H,2,7,10,14H2,1H3,(H,15,16). The second-order valence-electron chi connectivity index (χ2n) is 3.82. The van der Waals surface area contributed by atoms with E-state index in [1.54, 1.807) is 6.20 Å². The molecule has 0 amide bonds. The number of anilines is 2. The van der Waals surface area contributed by atoms with Crippen LogP contribution in [0, 0.1) is 0 Å². The number of hydrogen-bond donors (Lipinski definition) is 2. The van der Waals surface area contributed by atoms with Crippen LogP contribution in [0.5, 0.6) is 5.75 Å². The maximum absolute atomic E-state index is 5.42. The lowest BCUT2D eigenvalue weighted by Crippen LogP contribution is -2.10. The number of hydrogen-bond acceptors (Lipinski definition) is 4. The highest BCUT2D eigenvalue weighted by atomic mass is 16.5. The fraction of sp³-hybridized carbons (Fsp3) is 0.308. The third-order valence-corrected chi connectivity index (χ3v) is 2.55. The van der Waals surface area contributed by atoms with E-state index in [0.29, 0.717) is 13.2 Å². The molecule has 0 radical (unpaired) electrons. The van der Waals surface area contributed by atoms with Crippen LogP contribution in [0.25, 0.3) is 0 Å². The van der Waals surface area contributed by atoms with Crippen molar-refractivity contribution >= 4 is 11.6 Å². The minimum absolute atomic E-state index is 0.522. The molecule has 0 aliphatic heterocycles. The van der Waals surface area contributed by atoms with Crippen LogP contribution < -0.4 is 15.8 Å². The second-order valence-corrected chi connectivity index (χ2v) is 3.82. The van der Waals surface area contributed by atoms with E-state index in [4.69, 9.17) is 10.5 Å². The first kappa shape index (κ1) is 12.4. The van der Waals surface area contributed by atoms with Crippen molar-refractivity contribution in [3.63, 3.8) is 0 Å². The molecule has 5 heteroatoms. The van der Waals surface area contributed by atoms with Crippen LogP contribution in [0.2, 0.25) is 0 Å². The molecule has 5 nitrogen and oxygen atoms in total. The summed E-state index contributed by atoms with van der Waals surface area (Å²) in [5.74, 6) is 1.66. The number of nitrogens with two attached hydrogens (primary N) is 1. The van der Waals surface area contributed by atoms with Crippen molar-refractivity contribution in [1.29, 1.82) is 0 Å². The summed E-state index contributed by atoms with van der Waals surface area (Å²) < 4.78 is 7.46. The zero-order chi connectivity index (χ0) is 12.8. The Labute approximate surface area is 107 Å². The van der Waals surface area contributed by atoms with E-state index in [1.165, 1.54) is 0 Å². The molecular formula is C13H18N4O. The van der Waals surface area contributed by atoms with Crippen LogP contribution in [-0.4, -0.2) is 22.7 Å². The number of imidazole rings is 1. The van der Waals surface area contributed by atoms with E-state index in [-0.39, 0.29) is 0 Å². The smallest absolute Gasteiger partial charge is 0.207 e. The average Bonchev–Trinajstić information content (AvgIpc) is 2.85. The molecule has 1 aromatic heterocycles. The molecule has 0 bridgehead atoms. The molecule has 96 valence electrons. The fourth-order valence-corrected chi connectivity index (χ4v) is 1.63. The number of nitrogens with zero attached hydrogens (tertiary/aromatic N) is 2. The first-order chi connectivity index (χ1) is 8.83. The second kappa shape index (κ2) is 6.07. The normalized spacial score (nSPS) is 10.3. The number of nitrogens with one attached hydrogen (secondary N) is 1. The molecule has 0 aliphatic rings. The largest absolute Gasteiger partial charge is 0.492 e.